The molecule has 48 heavy (non-hydrogen) atoms. The number of nitrogens with zero attached hydrogens (tertiary/aromatic N) is 2. The molecule has 2 aliphatic heterocycles. The predicted molar refractivity (Wildman–Crippen MR) is 201 cm³/mol. The maximum Gasteiger partial charge on any atom is 0.164 e. The predicted octanol–water partition coefficient (Wildman–Crippen LogP) is 9.85. The molecule has 11 rings (SSSR count). The Kier molecular flexibility index (Phi) is 5.23. The van der Waals surface area contributed by atoms with Crippen molar-refractivity contribution in [3.63, 3.8) is 0 Å². The first-order chi connectivity index (χ1) is 23.7. The van der Waals surface area contributed by atoms with E-state index < -0.39 is 6.04 Å². The minimum Gasteiger partial charge on any atom is -0.454 e. The first kappa shape index (κ1) is 26.5. The first-order valence-corrected chi connectivity index (χ1v) is 18.9. The lowest BCUT2D eigenvalue weighted by Gasteiger charge is -2.39. The second-order valence-electron chi connectivity index (χ2n) is 12.4. The smallest absolute Gasteiger partial charge is 0.164 e. The molecule has 0 spiro atoms. The fourth-order valence-electron chi connectivity index (χ4n) is 7.99. The number of hydrogen-bond donors (Lipinski definition) is 0. The molecule has 0 bridgehead atoms. The minimum absolute atomic E-state index is 0.762. The van der Waals surface area contributed by atoms with Gasteiger partial charge < -0.3 is 18.6 Å². The van der Waals surface area contributed by atoms with E-state index in [1.165, 1.54) is 21.5 Å². The van der Waals surface area contributed by atoms with Crippen molar-refractivity contribution in [2.45, 2.75) is 0 Å². The quantitative estimate of drug-likeness (QED) is 0.174. The van der Waals surface area contributed by atoms with Crippen molar-refractivity contribution in [1.82, 2.24) is 9.13 Å². The molecular formula is C42H25N2O2PS. The van der Waals surface area contributed by atoms with Crippen LogP contribution in [0.2, 0.25) is 0 Å². The topological polar surface area (TPSA) is 28.3 Å². The molecule has 4 nitrogen and oxygen atoms in total. The Bertz CT molecular complexity index is 2610. The summed E-state index contributed by atoms with van der Waals surface area (Å²) in [5.41, 5.74) is 6.31. The highest BCUT2D eigenvalue weighted by Gasteiger charge is 2.45. The molecule has 0 radical (unpaired) electrons. The number of hydrogen-bond acceptors (Lipinski definition) is 3. The normalized spacial score (nSPS) is 14.0. The van der Waals surface area contributed by atoms with E-state index in [-0.39, 0.29) is 0 Å². The van der Waals surface area contributed by atoms with Crippen LogP contribution in [0.1, 0.15) is 0 Å². The summed E-state index contributed by atoms with van der Waals surface area (Å²) in [5.74, 6) is 3.14. The van der Waals surface area contributed by atoms with Crippen LogP contribution in [0.5, 0.6) is 23.0 Å². The van der Waals surface area contributed by atoms with Crippen molar-refractivity contribution < 1.29 is 9.47 Å². The Morgan fingerprint density at radius 3 is 1.15 bits per heavy atom. The highest BCUT2D eigenvalue weighted by molar-refractivity contribution is 8.26. The fourth-order valence-corrected chi connectivity index (χ4v) is 12.5. The van der Waals surface area contributed by atoms with Gasteiger partial charge in [-0.2, -0.15) is 0 Å². The van der Waals surface area contributed by atoms with Crippen LogP contribution in [0.15, 0.2) is 152 Å². The molecule has 0 saturated carbocycles. The fraction of sp³-hybridized carbons (Fsp3) is 0. The zero-order valence-corrected chi connectivity index (χ0v) is 27.2. The Morgan fingerprint density at radius 1 is 0.417 bits per heavy atom. The van der Waals surface area contributed by atoms with E-state index in [1.807, 2.05) is 12.1 Å². The number of benzene rings is 7. The molecule has 0 atom stereocenters. The molecule has 0 aliphatic carbocycles. The Hall–Kier alpha value is -5.61. The summed E-state index contributed by atoms with van der Waals surface area (Å²) in [7, 11) is 0. The van der Waals surface area contributed by atoms with Gasteiger partial charge in [0, 0.05) is 32.2 Å². The molecule has 7 aromatic carbocycles. The summed E-state index contributed by atoms with van der Waals surface area (Å²) >= 11 is 7.05. The number of para-hydroxylation sites is 6. The van der Waals surface area contributed by atoms with Crippen LogP contribution in [-0.2, 0) is 11.8 Å². The highest BCUT2D eigenvalue weighted by Crippen LogP contribution is 2.61. The summed E-state index contributed by atoms with van der Waals surface area (Å²) in [5, 5.41) is 7.82. The highest BCUT2D eigenvalue weighted by atomic mass is 32.4. The molecule has 0 N–H and O–H groups in total. The molecule has 2 aromatic heterocycles. The second kappa shape index (κ2) is 9.48. The number of aromatic nitrogens is 2. The molecule has 226 valence electrons. The molecule has 6 heteroatoms. The number of fused-ring (bicyclic) bond motifs is 10. The lowest BCUT2D eigenvalue weighted by atomic mass is 10.2. The number of ether oxygens (including phenoxy) is 2. The van der Waals surface area contributed by atoms with Crippen LogP contribution in [0, 0.1) is 0 Å². The third-order valence-electron chi connectivity index (χ3n) is 9.96. The van der Waals surface area contributed by atoms with Crippen LogP contribution < -0.4 is 25.4 Å². The average molecular weight is 653 g/mol. The van der Waals surface area contributed by atoms with E-state index in [2.05, 4.69) is 149 Å². The monoisotopic (exact) mass is 652 g/mol. The van der Waals surface area contributed by atoms with Gasteiger partial charge in [0.15, 0.2) is 11.5 Å². The standard InChI is InChI=1S/C42H25N2O2PS/c48-47-38-23-11-9-21-36(38)45-40-34(43-30-17-5-1-13-26(30)27-14-2-6-18-31(27)43)25-35(41(42(40)47)46-37-22-10-12-24-39(37)47)44-32-19-7-3-15-28(32)29-16-4-8-20-33(29)44/h1-25H. The molecule has 0 fully saturated rings. The minimum atomic E-state index is -2.66. The summed E-state index contributed by atoms with van der Waals surface area (Å²) < 4.78 is 18.8. The third-order valence-corrected chi connectivity index (χ3v) is 14.8. The molecule has 4 heterocycles. The van der Waals surface area contributed by atoms with E-state index >= 15 is 0 Å². The van der Waals surface area contributed by atoms with Gasteiger partial charge >= 0.3 is 0 Å². The average Bonchev–Trinajstić information content (AvgIpc) is 3.65. The first-order valence-electron chi connectivity index (χ1n) is 16.1. The van der Waals surface area contributed by atoms with Gasteiger partial charge in [-0.25, -0.2) is 0 Å². The molecule has 2 aliphatic rings. The SMILES string of the molecule is S=P12c3ccccc3Oc3c(-n4c5ccccc5c5ccccc54)cc(-n4c5ccccc5c5ccccc54)c(c31)Oc1ccccc12. The van der Waals surface area contributed by atoms with Crippen LogP contribution in [0.25, 0.3) is 55.0 Å². The van der Waals surface area contributed by atoms with Crippen LogP contribution in [0.3, 0.4) is 0 Å². The molecular weight excluding hydrogens is 628 g/mol. The van der Waals surface area contributed by atoms with Crippen LogP contribution in [-0.4, -0.2) is 9.13 Å². The van der Waals surface area contributed by atoms with Gasteiger partial charge in [-0.15, -0.1) is 0 Å². The zero-order chi connectivity index (χ0) is 31.6. The summed E-state index contributed by atoms with van der Waals surface area (Å²) in [6.45, 7) is 0. The maximum absolute atomic E-state index is 7.06. The van der Waals surface area contributed by atoms with Gasteiger partial charge in [0.25, 0.3) is 0 Å². The van der Waals surface area contributed by atoms with E-state index in [0.717, 1.165) is 72.4 Å². The van der Waals surface area contributed by atoms with Crippen molar-refractivity contribution in [3.8, 4) is 34.4 Å². The van der Waals surface area contributed by atoms with Gasteiger partial charge in [0.1, 0.15) is 11.5 Å². The van der Waals surface area contributed by atoms with Gasteiger partial charge in [0.05, 0.1) is 44.8 Å². The van der Waals surface area contributed by atoms with Gasteiger partial charge in [0.2, 0.25) is 0 Å². The van der Waals surface area contributed by atoms with Crippen molar-refractivity contribution in [2.24, 2.45) is 0 Å². The van der Waals surface area contributed by atoms with Crippen molar-refractivity contribution in [2.75, 3.05) is 0 Å². The van der Waals surface area contributed by atoms with Crippen molar-refractivity contribution in [1.29, 1.82) is 0 Å². The van der Waals surface area contributed by atoms with E-state index in [9.17, 15) is 0 Å². The second-order valence-corrected chi connectivity index (χ2v) is 16.7. The van der Waals surface area contributed by atoms with Gasteiger partial charge in [-0.3, -0.25) is 0 Å². The summed E-state index contributed by atoms with van der Waals surface area (Å²) in [6.07, 6.45) is 0. The van der Waals surface area contributed by atoms with Gasteiger partial charge in [-0.1, -0.05) is 109 Å². The van der Waals surface area contributed by atoms with E-state index in [1.54, 1.807) is 0 Å². The molecule has 0 unspecified atom stereocenters. The Morgan fingerprint density at radius 2 is 0.750 bits per heavy atom. The van der Waals surface area contributed by atoms with E-state index in [4.69, 9.17) is 21.3 Å². The largest absolute Gasteiger partial charge is 0.454 e. The lowest BCUT2D eigenvalue weighted by molar-refractivity contribution is 0.464. The summed E-state index contributed by atoms with van der Waals surface area (Å²) in [4.78, 5) is 0. The lowest BCUT2D eigenvalue weighted by Crippen LogP contribution is -2.36. The Balaban J connectivity index is 1.38. The number of rotatable bonds is 2. The van der Waals surface area contributed by atoms with Crippen molar-refractivity contribution in [3.05, 3.63) is 152 Å². The maximum atomic E-state index is 7.06. The van der Waals surface area contributed by atoms with E-state index in [0.29, 0.717) is 0 Å². The van der Waals surface area contributed by atoms with Crippen LogP contribution >= 0.6 is 6.04 Å². The van der Waals surface area contributed by atoms with Crippen molar-refractivity contribution >= 4 is 77.4 Å². The molecule has 0 amide bonds. The molecule has 0 saturated heterocycles. The van der Waals surface area contributed by atoms with Crippen LogP contribution in [0.4, 0.5) is 0 Å². The Labute approximate surface area is 281 Å². The third kappa shape index (κ3) is 3.27. The summed E-state index contributed by atoms with van der Waals surface area (Å²) in [6, 6.07) is 50.7. The molecule has 9 aromatic rings. The van der Waals surface area contributed by atoms with Gasteiger partial charge in [-0.05, 0) is 54.6 Å². The zero-order valence-electron chi connectivity index (χ0n) is 25.5.